The smallest absolute Gasteiger partial charge is 0.340 e. The fourth-order valence-electron chi connectivity index (χ4n) is 5.03. The monoisotopic (exact) mass is 451 g/mol. The summed E-state index contributed by atoms with van der Waals surface area (Å²) in [7, 11) is 0. The van der Waals surface area contributed by atoms with Crippen molar-refractivity contribution >= 4 is 17.7 Å². The number of halogens is 3. The summed E-state index contributed by atoms with van der Waals surface area (Å²) in [6, 6.07) is 5.16. The highest BCUT2D eigenvalue weighted by atomic mass is 19.4. The van der Waals surface area contributed by atoms with Crippen LogP contribution in [0.25, 0.3) is 0 Å². The Morgan fingerprint density at radius 3 is 2.00 bits per heavy atom. The number of nitrogens with zero attached hydrogens (tertiary/aromatic N) is 3. The SMILES string of the molecule is O=C(CCN1C(=O)C2CCCCC2C1=O)N1CCN(Cc2ccc(C(F)(F)F)cc2)CC1. The van der Waals surface area contributed by atoms with Crippen molar-refractivity contribution in [1.82, 2.24) is 14.7 Å². The number of hydrogen-bond donors (Lipinski definition) is 0. The molecule has 2 saturated heterocycles. The van der Waals surface area contributed by atoms with Gasteiger partial charge in [0.1, 0.15) is 0 Å². The number of carbonyl (C=O) groups excluding carboxylic acids is 3. The number of imide groups is 1. The van der Waals surface area contributed by atoms with Crippen molar-refractivity contribution in [2.45, 2.75) is 44.8 Å². The lowest BCUT2D eigenvalue weighted by Gasteiger charge is -2.35. The third-order valence-electron chi connectivity index (χ3n) is 6.89. The molecule has 0 spiro atoms. The Bertz CT molecular complexity index is 839. The minimum Gasteiger partial charge on any atom is -0.340 e. The van der Waals surface area contributed by atoms with Gasteiger partial charge in [0.25, 0.3) is 0 Å². The number of fused-ring (bicyclic) bond motifs is 1. The third kappa shape index (κ3) is 4.82. The Morgan fingerprint density at radius 1 is 0.906 bits per heavy atom. The second-order valence-electron chi connectivity index (χ2n) is 8.93. The molecule has 32 heavy (non-hydrogen) atoms. The molecule has 0 aromatic heterocycles. The Morgan fingerprint density at radius 2 is 1.47 bits per heavy atom. The van der Waals surface area contributed by atoms with Gasteiger partial charge >= 0.3 is 6.18 Å². The van der Waals surface area contributed by atoms with Crippen LogP contribution in [0.5, 0.6) is 0 Å². The predicted molar refractivity (Wildman–Crippen MR) is 110 cm³/mol. The van der Waals surface area contributed by atoms with Crippen LogP contribution in [0.4, 0.5) is 13.2 Å². The Labute approximate surface area is 185 Å². The lowest BCUT2D eigenvalue weighted by Crippen LogP contribution is -2.49. The first-order chi connectivity index (χ1) is 15.2. The van der Waals surface area contributed by atoms with Crippen LogP contribution in [-0.4, -0.2) is 65.1 Å². The minimum absolute atomic E-state index is 0.0744. The van der Waals surface area contributed by atoms with Crippen molar-refractivity contribution in [3.05, 3.63) is 35.4 Å². The molecule has 1 aliphatic carbocycles. The molecule has 6 nitrogen and oxygen atoms in total. The summed E-state index contributed by atoms with van der Waals surface area (Å²) in [6.45, 7) is 2.96. The minimum atomic E-state index is -4.34. The molecule has 0 radical (unpaired) electrons. The third-order valence-corrected chi connectivity index (χ3v) is 6.89. The maximum absolute atomic E-state index is 12.7. The molecule has 1 aromatic rings. The van der Waals surface area contributed by atoms with Crippen LogP contribution in [-0.2, 0) is 27.1 Å². The maximum atomic E-state index is 12.7. The second-order valence-corrected chi connectivity index (χ2v) is 8.93. The second kappa shape index (κ2) is 9.21. The van der Waals surface area contributed by atoms with Crippen molar-refractivity contribution in [3.63, 3.8) is 0 Å². The maximum Gasteiger partial charge on any atom is 0.416 e. The molecule has 2 aliphatic heterocycles. The lowest BCUT2D eigenvalue weighted by atomic mass is 9.81. The largest absolute Gasteiger partial charge is 0.416 e. The number of likely N-dealkylation sites (tertiary alicyclic amines) is 1. The van der Waals surface area contributed by atoms with E-state index < -0.39 is 11.7 Å². The molecular weight excluding hydrogens is 423 g/mol. The molecule has 2 atom stereocenters. The van der Waals surface area contributed by atoms with Crippen molar-refractivity contribution < 1.29 is 27.6 Å². The summed E-state index contributed by atoms with van der Waals surface area (Å²) in [6.07, 6.45) is -0.725. The molecule has 2 heterocycles. The summed E-state index contributed by atoms with van der Waals surface area (Å²) in [5, 5.41) is 0. The summed E-state index contributed by atoms with van der Waals surface area (Å²) in [5.41, 5.74) is 0.135. The van der Waals surface area contributed by atoms with Crippen LogP contribution < -0.4 is 0 Å². The van der Waals surface area contributed by atoms with Gasteiger partial charge < -0.3 is 4.90 Å². The highest BCUT2D eigenvalue weighted by Crippen LogP contribution is 2.38. The van der Waals surface area contributed by atoms with E-state index in [2.05, 4.69) is 4.90 Å². The average Bonchev–Trinajstić information content (AvgIpc) is 3.02. The van der Waals surface area contributed by atoms with Crippen LogP contribution in [0, 0.1) is 11.8 Å². The molecule has 1 saturated carbocycles. The fraction of sp³-hybridized carbons (Fsp3) is 0.609. The normalized spacial score (nSPS) is 24.7. The number of rotatable bonds is 5. The predicted octanol–water partition coefficient (Wildman–Crippen LogP) is 2.91. The Kier molecular flexibility index (Phi) is 6.55. The molecule has 3 amide bonds. The van der Waals surface area contributed by atoms with E-state index in [1.807, 2.05) is 0 Å². The number of carbonyl (C=O) groups is 3. The molecule has 0 N–H and O–H groups in total. The zero-order valence-corrected chi connectivity index (χ0v) is 17.9. The number of amides is 3. The van der Waals surface area contributed by atoms with E-state index >= 15 is 0 Å². The Balaban J connectivity index is 1.22. The zero-order valence-electron chi connectivity index (χ0n) is 17.9. The van der Waals surface area contributed by atoms with Crippen LogP contribution in [0.1, 0.15) is 43.2 Å². The summed E-state index contributed by atoms with van der Waals surface area (Å²) in [5.74, 6) is -0.697. The van der Waals surface area contributed by atoms with Gasteiger partial charge in [0, 0.05) is 45.7 Å². The standard InChI is InChI=1S/C23H28F3N3O3/c24-23(25,26)17-7-5-16(6-8-17)15-27-11-13-28(14-12-27)20(30)9-10-29-21(31)18-3-1-2-4-19(18)22(29)32/h5-8,18-19H,1-4,9-15H2. The van der Waals surface area contributed by atoms with Gasteiger partial charge in [0.2, 0.25) is 17.7 Å². The zero-order chi connectivity index (χ0) is 22.9. The molecule has 3 fully saturated rings. The van der Waals surface area contributed by atoms with E-state index in [1.54, 1.807) is 4.90 Å². The first-order valence-electron chi connectivity index (χ1n) is 11.3. The van der Waals surface area contributed by atoms with Gasteiger partial charge in [-0.05, 0) is 30.5 Å². The van der Waals surface area contributed by atoms with Gasteiger partial charge in [-0.2, -0.15) is 13.2 Å². The summed E-state index contributed by atoms with van der Waals surface area (Å²) < 4.78 is 38.1. The number of piperazine rings is 1. The topological polar surface area (TPSA) is 60.9 Å². The fourth-order valence-corrected chi connectivity index (χ4v) is 5.03. The molecular formula is C23H28F3N3O3. The summed E-state index contributed by atoms with van der Waals surface area (Å²) in [4.78, 5) is 42.8. The highest BCUT2D eigenvalue weighted by Gasteiger charge is 2.47. The van der Waals surface area contributed by atoms with E-state index in [4.69, 9.17) is 0 Å². The summed E-state index contributed by atoms with van der Waals surface area (Å²) >= 11 is 0. The van der Waals surface area contributed by atoms with Gasteiger partial charge in [0.15, 0.2) is 0 Å². The van der Waals surface area contributed by atoms with E-state index in [0.717, 1.165) is 43.4 Å². The van der Waals surface area contributed by atoms with Crippen LogP contribution in [0.2, 0.25) is 0 Å². The van der Waals surface area contributed by atoms with E-state index in [-0.39, 0.29) is 42.5 Å². The van der Waals surface area contributed by atoms with Crippen LogP contribution in [0.15, 0.2) is 24.3 Å². The molecule has 4 rings (SSSR count). The molecule has 2 unspecified atom stereocenters. The number of benzene rings is 1. The van der Waals surface area contributed by atoms with E-state index in [0.29, 0.717) is 32.7 Å². The van der Waals surface area contributed by atoms with Gasteiger partial charge in [-0.1, -0.05) is 25.0 Å². The average molecular weight is 451 g/mol. The number of alkyl halides is 3. The molecule has 9 heteroatoms. The Hall–Kier alpha value is -2.42. The molecule has 3 aliphatic rings. The van der Waals surface area contributed by atoms with Gasteiger partial charge in [-0.15, -0.1) is 0 Å². The van der Waals surface area contributed by atoms with Crippen molar-refractivity contribution in [1.29, 1.82) is 0 Å². The molecule has 1 aromatic carbocycles. The quantitative estimate of drug-likeness (QED) is 0.646. The van der Waals surface area contributed by atoms with Crippen LogP contribution in [0.3, 0.4) is 0 Å². The highest BCUT2D eigenvalue weighted by molar-refractivity contribution is 6.05. The first-order valence-corrected chi connectivity index (χ1v) is 11.3. The van der Waals surface area contributed by atoms with Gasteiger partial charge in [-0.25, -0.2) is 0 Å². The van der Waals surface area contributed by atoms with Gasteiger partial charge in [-0.3, -0.25) is 24.2 Å². The first kappa shape index (κ1) is 22.8. The van der Waals surface area contributed by atoms with Crippen molar-refractivity contribution in [2.24, 2.45) is 11.8 Å². The lowest BCUT2D eigenvalue weighted by molar-refractivity contribution is -0.141. The van der Waals surface area contributed by atoms with Gasteiger partial charge in [0.05, 0.1) is 17.4 Å². The van der Waals surface area contributed by atoms with Crippen molar-refractivity contribution in [2.75, 3.05) is 32.7 Å². The molecule has 0 bridgehead atoms. The van der Waals surface area contributed by atoms with E-state index in [9.17, 15) is 27.6 Å². The number of hydrogen-bond acceptors (Lipinski definition) is 4. The van der Waals surface area contributed by atoms with Crippen molar-refractivity contribution in [3.8, 4) is 0 Å². The van der Waals surface area contributed by atoms with E-state index in [1.165, 1.54) is 17.0 Å². The van der Waals surface area contributed by atoms with Crippen LogP contribution >= 0.6 is 0 Å². The molecule has 174 valence electrons.